The van der Waals surface area contributed by atoms with E-state index in [4.69, 9.17) is 4.74 Å². The van der Waals surface area contributed by atoms with Crippen LogP contribution >= 0.6 is 15.9 Å². The number of hydrogen-bond donors (Lipinski definition) is 1. The zero-order chi connectivity index (χ0) is 10.8. The molecule has 1 aliphatic rings. The molecule has 1 aromatic carbocycles. The van der Waals surface area contributed by atoms with Crippen LogP contribution in [0.3, 0.4) is 0 Å². The van der Waals surface area contributed by atoms with Gasteiger partial charge in [-0.1, -0.05) is 28.1 Å². The second kappa shape index (κ2) is 4.33. The van der Waals surface area contributed by atoms with E-state index in [1.165, 1.54) is 5.56 Å². The van der Waals surface area contributed by atoms with Gasteiger partial charge in [0.1, 0.15) is 6.61 Å². The molecule has 1 saturated heterocycles. The van der Waals surface area contributed by atoms with E-state index in [9.17, 15) is 4.79 Å². The predicted molar refractivity (Wildman–Crippen MR) is 60.6 cm³/mol. The first kappa shape index (κ1) is 10.6. The van der Waals surface area contributed by atoms with Gasteiger partial charge in [0.05, 0.1) is 12.6 Å². The lowest BCUT2D eigenvalue weighted by Gasteiger charge is -2.24. The molecule has 1 heterocycles. The minimum Gasteiger partial charge on any atom is -0.369 e. The maximum absolute atomic E-state index is 11.2. The Bertz CT molecular complexity index is 392. The number of carbonyl (C=O) groups is 1. The molecule has 0 radical (unpaired) electrons. The van der Waals surface area contributed by atoms with Gasteiger partial charge in [-0.25, -0.2) is 0 Å². The number of benzene rings is 1. The van der Waals surface area contributed by atoms with Gasteiger partial charge in [0.15, 0.2) is 0 Å². The van der Waals surface area contributed by atoms with Crippen molar-refractivity contribution in [1.29, 1.82) is 0 Å². The summed E-state index contributed by atoms with van der Waals surface area (Å²) >= 11 is 3.50. The summed E-state index contributed by atoms with van der Waals surface area (Å²) in [4.78, 5) is 11.2. The number of halogens is 1. The summed E-state index contributed by atoms with van der Waals surface area (Å²) in [6, 6.07) is 6.04. The summed E-state index contributed by atoms with van der Waals surface area (Å²) in [5.41, 5.74) is 2.25. The van der Waals surface area contributed by atoms with Crippen molar-refractivity contribution in [3.8, 4) is 0 Å². The lowest BCUT2D eigenvalue weighted by atomic mass is 10.1. The molecule has 15 heavy (non-hydrogen) atoms. The average molecular weight is 270 g/mol. The fourth-order valence-corrected chi connectivity index (χ4v) is 2.40. The van der Waals surface area contributed by atoms with Crippen molar-refractivity contribution in [2.75, 3.05) is 13.2 Å². The Morgan fingerprint density at radius 1 is 1.53 bits per heavy atom. The number of nitrogens with one attached hydrogen (secondary N) is 1. The minimum atomic E-state index is -0.0567. The second-order valence-corrected chi connectivity index (χ2v) is 4.51. The van der Waals surface area contributed by atoms with Crippen molar-refractivity contribution in [1.82, 2.24) is 5.32 Å². The fourth-order valence-electron chi connectivity index (χ4n) is 1.63. The fraction of sp³-hybridized carbons (Fsp3) is 0.364. The molecule has 0 saturated carbocycles. The molecular weight excluding hydrogens is 258 g/mol. The summed E-state index contributed by atoms with van der Waals surface area (Å²) in [7, 11) is 0. The van der Waals surface area contributed by atoms with Crippen molar-refractivity contribution in [2.45, 2.75) is 13.0 Å². The van der Waals surface area contributed by atoms with Gasteiger partial charge in [-0.2, -0.15) is 0 Å². The molecule has 0 aromatic heterocycles. The minimum absolute atomic E-state index is 0.0405. The Labute approximate surface area is 96.9 Å². The summed E-state index contributed by atoms with van der Waals surface area (Å²) in [5, 5.41) is 2.90. The van der Waals surface area contributed by atoms with Crippen LogP contribution in [0, 0.1) is 6.92 Å². The van der Waals surface area contributed by atoms with Crippen molar-refractivity contribution in [3.05, 3.63) is 33.8 Å². The Hall–Kier alpha value is -0.870. The molecule has 1 atom stereocenters. The maximum Gasteiger partial charge on any atom is 0.246 e. The summed E-state index contributed by atoms with van der Waals surface area (Å²) in [6.07, 6.45) is 0. The molecule has 1 fully saturated rings. The van der Waals surface area contributed by atoms with Crippen molar-refractivity contribution < 1.29 is 9.53 Å². The van der Waals surface area contributed by atoms with Gasteiger partial charge in [-0.05, 0) is 24.1 Å². The molecule has 0 bridgehead atoms. The quantitative estimate of drug-likeness (QED) is 0.847. The van der Waals surface area contributed by atoms with E-state index in [1.54, 1.807) is 0 Å². The van der Waals surface area contributed by atoms with Crippen LogP contribution in [0.25, 0.3) is 0 Å². The molecule has 1 amide bonds. The number of aryl methyl sites for hydroxylation is 1. The van der Waals surface area contributed by atoms with Crippen LogP contribution in [-0.2, 0) is 9.53 Å². The number of morpholine rings is 1. The molecule has 2 rings (SSSR count). The molecule has 0 spiro atoms. The van der Waals surface area contributed by atoms with Crippen molar-refractivity contribution in [3.63, 3.8) is 0 Å². The monoisotopic (exact) mass is 269 g/mol. The van der Waals surface area contributed by atoms with Crippen LogP contribution < -0.4 is 5.32 Å². The van der Waals surface area contributed by atoms with E-state index in [2.05, 4.69) is 21.2 Å². The zero-order valence-electron chi connectivity index (χ0n) is 8.42. The molecule has 1 aliphatic heterocycles. The normalized spacial score (nSPS) is 21.2. The molecule has 3 nitrogen and oxygen atoms in total. The van der Waals surface area contributed by atoms with Gasteiger partial charge in [0.2, 0.25) is 5.91 Å². The maximum atomic E-state index is 11.2. The summed E-state index contributed by atoms with van der Waals surface area (Å²) in [6.45, 7) is 2.73. The van der Waals surface area contributed by atoms with E-state index in [-0.39, 0.29) is 18.6 Å². The largest absolute Gasteiger partial charge is 0.369 e. The van der Waals surface area contributed by atoms with Crippen LogP contribution in [-0.4, -0.2) is 19.1 Å². The van der Waals surface area contributed by atoms with Crippen molar-refractivity contribution in [2.24, 2.45) is 0 Å². The van der Waals surface area contributed by atoms with Gasteiger partial charge in [0, 0.05) is 4.47 Å². The van der Waals surface area contributed by atoms with E-state index < -0.39 is 0 Å². The van der Waals surface area contributed by atoms with E-state index in [0.29, 0.717) is 6.61 Å². The van der Waals surface area contributed by atoms with Gasteiger partial charge in [-0.3, -0.25) is 4.79 Å². The molecule has 0 aliphatic carbocycles. The number of amides is 1. The number of carbonyl (C=O) groups excluding carboxylic acids is 1. The molecule has 1 unspecified atom stereocenters. The van der Waals surface area contributed by atoms with Gasteiger partial charge in [-0.15, -0.1) is 0 Å². The topological polar surface area (TPSA) is 38.3 Å². The van der Waals surface area contributed by atoms with Crippen LogP contribution in [0.1, 0.15) is 17.2 Å². The molecule has 4 heteroatoms. The zero-order valence-corrected chi connectivity index (χ0v) is 10.0. The number of ether oxygens (including phenoxy) is 1. The van der Waals surface area contributed by atoms with Gasteiger partial charge >= 0.3 is 0 Å². The highest BCUT2D eigenvalue weighted by molar-refractivity contribution is 9.10. The van der Waals surface area contributed by atoms with Crippen LogP contribution in [0.15, 0.2) is 22.7 Å². The Morgan fingerprint density at radius 2 is 2.33 bits per heavy atom. The predicted octanol–water partition coefficient (Wildman–Crippen LogP) is 1.95. The lowest BCUT2D eigenvalue weighted by Crippen LogP contribution is -2.39. The Balaban J connectivity index is 2.24. The number of hydrogen-bond acceptors (Lipinski definition) is 2. The smallest absolute Gasteiger partial charge is 0.246 e. The first-order valence-electron chi connectivity index (χ1n) is 4.80. The third-order valence-corrected chi connectivity index (χ3v) is 3.07. The van der Waals surface area contributed by atoms with Crippen LogP contribution in [0.4, 0.5) is 0 Å². The molecule has 80 valence electrons. The third-order valence-electron chi connectivity index (χ3n) is 2.38. The standard InChI is InChI=1S/C11H12BrNO2/c1-7-2-3-8(9(12)4-7)10-5-15-6-11(14)13-10/h2-4,10H,5-6H2,1H3,(H,13,14). The lowest BCUT2D eigenvalue weighted by molar-refractivity contribution is -0.131. The first-order chi connectivity index (χ1) is 7.16. The van der Waals surface area contributed by atoms with Crippen LogP contribution in [0.5, 0.6) is 0 Å². The SMILES string of the molecule is Cc1ccc(C2COCC(=O)N2)c(Br)c1. The third kappa shape index (κ3) is 2.38. The van der Waals surface area contributed by atoms with Crippen molar-refractivity contribution >= 4 is 21.8 Å². The first-order valence-corrected chi connectivity index (χ1v) is 5.59. The molecule has 1 aromatic rings. The second-order valence-electron chi connectivity index (χ2n) is 3.66. The molecular formula is C11H12BrNO2. The van der Waals surface area contributed by atoms with Crippen LogP contribution in [0.2, 0.25) is 0 Å². The highest BCUT2D eigenvalue weighted by atomic mass is 79.9. The summed E-state index contributed by atoms with van der Waals surface area (Å²) in [5.74, 6) is -0.0567. The Morgan fingerprint density at radius 3 is 3.00 bits per heavy atom. The van der Waals surface area contributed by atoms with E-state index in [1.807, 2.05) is 25.1 Å². The highest BCUT2D eigenvalue weighted by Gasteiger charge is 2.21. The van der Waals surface area contributed by atoms with E-state index in [0.717, 1.165) is 10.0 Å². The highest BCUT2D eigenvalue weighted by Crippen LogP contribution is 2.25. The van der Waals surface area contributed by atoms with Gasteiger partial charge in [0.25, 0.3) is 0 Å². The van der Waals surface area contributed by atoms with Gasteiger partial charge < -0.3 is 10.1 Å². The molecule has 1 N–H and O–H groups in total. The van der Waals surface area contributed by atoms with E-state index >= 15 is 0 Å². The Kier molecular flexibility index (Phi) is 3.07. The average Bonchev–Trinajstić information content (AvgIpc) is 2.17. The summed E-state index contributed by atoms with van der Waals surface area (Å²) < 4.78 is 6.21. The number of rotatable bonds is 1.